The lowest BCUT2D eigenvalue weighted by Gasteiger charge is -2.17. The van der Waals surface area contributed by atoms with Crippen LogP contribution < -0.4 is 16.0 Å². The van der Waals surface area contributed by atoms with Gasteiger partial charge >= 0.3 is 0 Å². The molecule has 0 aliphatic carbocycles. The quantitative estimate of drug-likeness (QED) is 0.666. The van der Waals surface area contributed by atoms with Crippen molar-refractivity contribution in [1.82, 2.24) is 5.32 Å². The van der Waals surface area contributed by atoms with Gasteiger partial charge in [-0.2, -0.15) is 0 Å². The number of hydrogen-bond donors (Lipinski definition) is 3. The Kier molecular flexibility index (Phi) is 7.47. The Labute approximate surface area is 169 Å². The molecule has 3 N–H and O–H groups in total. The van der Waals surface area contributed by atoms with Crippen molar-refractivity contribution in [3.05, 3.63) is 59.9 Å². The third-order valence-electron chi connectivity index (χ3n) is 4.05. The van der Waals surface area contributed by atoms with Crippen molar-refractivity contribution >= 4 is 29.1 Å². The SMILES string of the molecule is CC(C)(C)C(=O)NCCC(=O)Nc1ccc(F)c(NC(=O)Cc2ccccc2)c1. The van der Waals surface area contributed by atoms with Crippen LogP contribution in [-0.2, 0) is 20.8 Å². The third-order valence-corrected chi connectivity index (χ3v) is 4.05. The maximum absolute atomic E-state index is 14.0. The van der Waals surface area contributed by atoms with Crippen molar-refractivity contribution in [3.63, 3.8) is 0 Å². The van der Waals surface area contributed by atoms with Gasteiger partial charge in [-0.25, -0.2) is 4.39 Å². The van der Waals surface area contributed by atoms with Crippen LogP contribution in [0.25, 0.3) is 0 Å². The van der Waals surface area contributed by atoms with E-state index in [0.717, 1.165) is 5.56 Å². The maximum Gasteiger partial charge on any atom is 0.228 e. The highest BCUT2D eigenvalue weighted by Crippen LogP contribution is 2.20. The van der Waals surface area contributed by atoms with Gasteiger partial charge in [0, 0.05) is 24.1 Å². The minimum absolute atomic E-state index is 0.00948. The van der Waals surface area contributed by atoms with Crippen LogP contribution in [0.2, 0.25) is 0 Å². The van der Waals surface area contributed by atoms with E-state index in [9.17, 15) is 18.8 Å². The smallest absolute Gasteiger partial charge is 0.228 e. The molecule has 0 aliphatic heterocycles. The number of carbonyl (C=O) groups is 3. The molecule has 6 nitrogen and oxygen atoms in total. The monoisotopic (exact) mass is 399 g/mol. The van der Waals surface area contributed by atoms with E-state index in [1.165, 1.54) is 18.2 Å². The molecule has 0 unspecified atom stereocenters. The Morgan fingerprint density at radius 3 is 2.28 bits per heavy atom. The Morgan fingerprint density at radius 2 is 1.62 bits per heavy atom. The summed E-state index contributed by atoms with van der Waals surface area (Å²) in [5.74, 6) is -1.42. The molecule has 2 aromatic rings. The Bertz CT molecular complexity index is 877. The van der Waals surface area contributed by atoms with E-state index in [1.807, 2.05) is 30.3 Å². The summed E-state index contributed by atoms with van der Waals surface area (Å²) >= 11 is 0. The van der Waals surface area contributed by atoms with Crippen molar-refractivity contribution in [1.29, 1.82) is 0 Å². The molecular formula is C22H26FN3O3. The number of benzene rings is 2. The zero-order valence-electron chi connectivity index (χ0n) is 16.8. The summed E-state index contributed by atoms with van der Waals surface area (Å²) in [4.78, 5) is 36.0. The zero-order valence-corrected chi connectivity index (χ0v) is 16.8. The van der Waals surface area contributed by atoms with Crippen molar-refractivity contribution in [3.8, 4) is 0 Å². The normalized spacial score (nSPS) is 10.9. The van der Waals surface area contributed by atoms with E-state index in [-0.39, 0.29) is 42.8 Å². The van der Waals surface area contributed by atoms with Crippen LogP contribution >= 0.6 is 0 Å². The fraction of sp³-hybridized carbons (Fsp3) is 0.318. The second-order valence-electron chi connectivity index (χ2n) is 7.71. The molecule has 0 heterocycles. The van der Waals surface area contributed by atoms with E-state index in [1.54, 1.807) is 20.8 Å². The zero-order chi connectivity index (χ0) is 21.4. The number of anilines is 2. The van der Waals surface area contributed by atoms with Gasteiger partial charge in [0.25, 0.3) is 0 Å². The van der Waals surface area contributed by atoms with Crippen LogP contribution in [0.15, 0.2) is 48.5 Å². The molecule has 0 aromatic heterocycles. The molecule has 2 rings (SSSR count). The molecule has 3 amide bonds. The molecule has 0 spiro atoms. The predicted molar refractivity (Wildman–Crippen MR) is 111 cm³/mol. The van der Waals surface area contributed by atoms with Crippen molar-refractivity contribution in [2.75, 3.05) is 17.2 Å². The Balaban J connectivity index is 1.90. The van der Waals surface area contributed by atoms with Crippen LogP contribution in [0.5, 0.6) is 0 Å². The first-order valence-corrected chi connectivity index (χ1v) is 9.36. The van der Waals surface area contributed by atoms with Crippen LogP contribution in [0.4, 0.5) is 15.8 Å². The van der Waals surface area contributed by atoms with E-state index < -0.39 is 11.2 Å². The summed E-state index contributed by atoms with van der Waals surface area (Å²) in [6.07, 6.45) is 0.194. The average molecular weight is 399 g/mol. The first-order chi connectivity index (χ1) is 13.6. The van der Waals surface area contributed by atoms with E-state index in [0.29, 0.717) is 5.69 Å². The highest BCUT2D eigenvalue weighted by Gasteiger charge is 2.20. The predicted octanol–water partition coefficient (Wildman–Crippen LogP) is 3.50. The number of carbonyl (C=O) groups excluding carboxylic acids is 3. The van der Waals surface area contributed by atoms with Crippen LogP contribution in [0.1, 0.15) is 32.8 Å². The highest BCUT2D eigenvalue weighted by atomic mass is 19.1. The summed E-state index contributed by atoms with van der Waals surface area (Å²) in [7, 11) is 0. The van der Waals surface area contributed by atoms with Gasteiger partial charge in [0.2, 0.25) is 17.7 Å². The molecule has 0 radical (unpaired) electrons. The topological polar surface area (TPSA) is 87.3 Å². The first kappa shape index (κ1) is 22.1. The van der Waals surface area contributed by atoms with Crippen LogP contribution in [0, 0.1) is 11.2 Å². The minimum Gasteiger partial charge on any atom is -0.355 e. The van der Waals surface area contributed by atoms with Gasteiger partial charge in [0.15, 0.2) is 0 Å². The van der Waals surface area contributed by atoms with Gasteiger partial charge in [-0.05, 0) is 23.8 Å². The summed E-state index contributed by atoms with van der Waals surface area (Å²) in [6, 6.07) is 13.1. The number of nitrogens with one attached hydrogen (secondary N) is 3. The molecule has 0 saturated carbocycles. The summed E-state index contributed by atoms with van der Waals surface area (Å²) < 4.78 is 14.0. The van der Waals surface area contributed by atoms with E-state index in [2.05, 4.69) is 16.0 Å². The molecule has 7 heteroatoms. The lowest BCUT2D eigenvalue weighted by atomic mass is 9.96. The third kappa shape index (κ3) is 7.37. The van der Waals surface area contributed by atoms with Gasteiger partial charge in [0.1, 0.15) is 5.82 Å². The number of rotatable bonds is 7. The Hall–Kier alpha value is -3.22. The molecule has 2 aromatic carbocycles. The van der Waals surface area contributed by atoms with Gasteiger partial charge in [0.05, 0.1) is 12.1 Å². The summed E-state index contributed by atoms with van der Waals surface area (Å²) in [6.45, 7) is 5.56. The van der Waals surface area contributed by atoms with Crippen molar-refractivity contribution in [2.45, 2.75) is 33.6 Å². The summed E-state index contributed by atoms with van der Waals surface area (Å²) in [5, 5.41) is 7.85. The largest absolute Gasteiger partial charge is 0.355 e. The molecule has 0 fully saturated rings. The lowest BCUT2D eigenvalue weighted by Crippen LogP contribution is -2.36. The molecule has 154 valence electrons. The number of hydrogen-bond acceptors (Lipinski definition) is 3. The molecule has 0 atom stereocenters. The average Bonchev–Trinajstić information content (AvgIpc) is 2.64. The standard InChI is InChI=1S/C22H26FN3O3/c1-22(2,3)21(29)24-12-11-19(27)25-16-9-10-17(23)18(14-16)26-20(28)13-15-7-5-4-6-8-15/h4-10,14H,11-13H2,1-3H3,(H,24,29)(H,25,27)(H,26,28). The summed E-state index contributed by atoms with van der Waals surface area (Å²) in [5.41, 5.74) is 0.630. The fourth-order valence-electron chi connectivity index (χ4n) is 2.45. The van der Waals surface area contributed by atoms with Crippen LogP contribution in [-0.4, -0.2) is 24.3 Å². The maximum atomic E-state index is 14.0. The van der Waals surface area contributed by atoms with Crippen LogP contribution in [0.3, 0.4) is 0 Å². The van der Waals surface area contributed by atoms with Gasteiger partial charge in [-0.3, -0.25) is 14.4 Å². The Morgan fingerprint density at radius 1 is 0.931 bits per heavy atom. The molecular weight excluding hydrogens is 373 g/mol. The van der Waals surface area contributed by atoms with Gasteiger partial charge < -0.3 is 16.0 Å². The lowest BCUT2D eigenvalue weighted by molar-refractivity contribution is -0.128. The van der Waals surface area contributed by atoms with E-state index >= 15 is 0 Å². The molecule has 29 heavy (non-hydrogen) atoms. The van der Waals surface area contributed by atoms with Crippen molar-refractivity contribution < 1.29 is 18.8 Å². The highest BCUT2D eigenvalue weighted by molar-refractivity contribution is 5.95. The van der Waals surface area contributed by atoms with Gasteiger partial charge in [-0.1, -0.05) is 51.1 Å². The van der Waals surface area contributed by atoms with Crippen molar-refractivity contribution in [2.24, 2.45) is 5.41 Å². The second kappa shape index (κ2) is 9.82. The molecule has 0 saturated heterocycles. The minimum atomic E-state index is -0.596. The first-order valence-electron chi connectivity index (χ1n) is 9.36. The molecule has 0 bridgehead atoms. The second-order valence-corrected chi connectivity index (χ2v) is 7.71. The fourth-order valence-corrected chi connectivity index (χ4v) is 2.45. The number of amides is 3. The van der Waals surface area contributed by atoms with E-state index in [4.69, 9.17) is 0 Å². The van der Waals surface area contributed by atoms with Gasteiger partial charge in [-0.15, -0.1) is 0 Å². The molecule has 0 aliphatic rings. The number of halogens is 1.